The Hall–Kier alpha value is -2.68. The van der Waals surface area contributed by atoms with E-state index in [0.717, 1.165) is 33.1 Å². The number of carbonyl (C=O) groups excluding carboxylic acids is 1. The smallest absolute Gasteiger partial charge is 0.328 e. The first kappa shape index (κ1) is 17.7. The summed E-state index contributed by atoms with van der Waals surface area (Å²) in [5.41, 5.74) is 1.46. The van der Waals surface area contributed by atoms with Crippen molar-refractivity contribution >= 4 is 38.7 Å². The highest BCUT2D eigenvalue weighted by Gasteiger charge is 2.25. The minimum Gasteiger partial charge on any atom is -0.328 e. The van der Waals surface area contributed by atoms with Crippen molar-refractivity contribution in [1.29, 1.82) is 0 Å². The molecule has 1 aliphatic rings. The first-order valence-corrected chi connectivity index (χ1v) is 9.37. The Bertz CT molecular complexity index is 1190. The number of rotatable bonds is 2. The van der Waals surface area contributed by atoms with Crippen LogP contribution in [0.2, 0.25) is 0 Å². The van der Waals surface area contributed by atoms with Gasteiger partial charge < -0.3 is 9.47 Å². The zero-order valence-electron chi connectivity index (χ0n) is 15.0. The number of aryl methyl sites for hydroxylation is 3. The molecule has 0 atom stereocenters. The molecule has 1 amide bonds. The molecule has 0 spiro atoms. The van der Waals surface area contributed by atoms with Gasteiger partial charge in [-0.2, -0.15) is 0 Å². The highest BCUT2D eigenvalue weighted by Crippen LogP contribution is 2.29. The van der Waals surface area contributed by atoms with Crippen LogP contribution in [0.15, 0.2) is 38.6 Å². The van der Waals surface area contributed by atoms with E-state index in [4.69, 9.17) is 0 Å². The van der Waals surface area contributed by atoms with Gasteiger partial charge >= 0.3 is 5.69 Å². The molecule has 0 saturated carbocycles. The first-order valence-electron chi connectivity index (χ1n) is 8.58. The van der Waals surface area contributed by atoms with Crippen LogP contribution in [0.25, 0.3) is 11.2 Å². The molecule has 8 nitrogen and oxygen atoms in total. The number of aromatic nitrogens is 4. The number of carbonyl (C=O) groups is 1. The highest BCUT2D eigenvalue weighted by atomic mass is 79.9. The van der Waals surface area contributed by atoms with Crippen LogP contribution in [0.1, 0.15) is 12.0 Å². The van der Waals surface area contributed by atoms with Crippen molar-refractivity contribution in [2.75, 3.05) is 11.4 Å². The summed E-state index contributed by atoms with van der Waals surface area (Å²) in [7, 11) is 3.23. The summed E-state index contributed by atoms with van der Waals surface area (Å²) in [6.45, 7) is 0.263. The summed E-state index contributed by atoms with van der Waals surface area (Å²) in [5, 5.41) is 0. The van der Waals surface area contributed by atoms with Crippen molar-refractivity contribution < 1.29 is 4.79 Å². The van der Waals surface area contributed by atoms with Crippen LogP contribution >= 0.6 is 15.9 Å². The molecule has 3 heterocycles. The van der Waals surface area contributed by atoms with Gasteiger partial charge in [0.15, 0.2) is 11.2 Å². The van der Waals surface area contributed by atoms with Crippen molar-refractivity contribution in [1.82, 2.24) is 18.7 Å². The van der Waals surface area contributed by atoms with Gasteiger partial charge in [0.2, 0.25) is 5.91 Å². The van der Waals surface area contributed by atoms with Gasteiger partial charge in [0.05, 0.1) is 6.33 Å². The van der Waals surface area contributed by atoms with E-state index in [-0.39, 0.29) is 12.5 Å². The van der Waals surface area contributed by atoms with Gasteiger partial charge in [0, 0.05) is 30.8 Å². The minimum atomic E-state index is -0.549. The van der Waals surface area contributed by atoms with Gasteiger partial charge in [-0.1, -0.05) is 15.9 Å². The molecule has 0 radical (unpaired) electrons. The fourth-order valence-electron chi connectivity index (χ4n) is 3.58. The number of anilines is 1. The predicted molar refractivity (Wildman–Crippen MR) is 105 cm³/mol. The third-order valence-electron chi connectivity index (χ3n) is 4.96. The molecule has 0 saturated heterocycles. The molecule has 27 heavy (non-hydrogen) atoms. The summed E-state index contributed by atoms with van der Waals surface area (Å²) in [6, 6.07) is 5.78. The van der Waals surface area contributed by atoms with E-state index in [2.05, 4.69) is 20.9 Å². The number of fused-ring (bicyclic) bond motifs is 2. The number of benzene rings is 1. The van der Waals surface area contributed by atoms with Crippen molar-refractivity contribution in [2.45, 2.75) is 19.4 Å². The van der Waals surface area contributed by atoms with Crippen LogP contribution in [0.4, 0.5) is 5.69 Å². The average Bonchev–Trinajstić information content (AvgIpc) is 3.04. The fourth-order valence-corrected chi connectivity index (χ4v) is 3.99. The van der Waals surface area contributed by atoms with Gasteiger partial charge in [0.1, 0.15) is 6.54 Å². The quantitative estimate of drug-likeness (QED) is 0.609. The zero-order chi connectivity index (χ0) is 19.3. The molecule has 1 aromatic carbocycles. The van der Waals surface area contributed by atoms with Crippen molar-refractivity contribution in [3.8, 4) is 0 Å². The van der Waals surface area contributed by atoms with Crippen molar-refractivity contribution in [3.05, 3.63) is 55.4 Å². The Morgan fingerprint density at radius 1 is 1.26 bits per heavy atom. The second-order valence-electron chi connectivity index (χ2n) is 6.68. The van der Waals surface area contributed by atoms with E-state index in [1.165, 1.54) is 10.9 Å². The maximum atomic E-state index is 13.0. The third kappa shape index (κ3) is 2.82. The number of imidazole rings is 1. The lowest BCUT2D eigenvalue weighted by atomic mass is 10.0. The molecule has 0 N–H and O–H groups in total. The van der Waals surface area contributed by atoms with Crippen LogP contribution in [-0.2, 0) is 31.9 Å². The van der Waals surface area contributed by atoms with Gasteiger partial charge in [-0.05, 0) is 36.6 Å². The molecular formula is C18H18BrN5O3. The Morgan fingerprint density at radius 3 is 2.81 bits per heavy atom. The number of halogens is 1. The third-order valence-corrected chi connectivity index (χ3v) is 5.45. The maximum absolute atomic E-state index is 13.0. The zero-order valence-corrected chi connectivity index (χ0v) is 16.6. The second-order valence-corrected chi connectivity index (χ2v) is 7.60. The summed E-state index contributed by atoms with van der Waals surface area (Å²) in [6.07, 6.45) is 3.21. The molecule has 0 bridgehead atoms. The summed E-state index contributed by atoms with van der Waals surface area (Å²) in [5.74, 6) is -0.279. The van der Waals surface area contributed by atoms with Crippen LogP contribution < -0.4 is 16.1 Å². The molecule has 2 aromatic heterocycles. The average molecular weight is 432 g/mol. The summed E-state index contributed by atoms with van der Waals surface area (Å²) in [4.78, 5) is 44.2. The normalized spacial score (nSPS) is 13.8. The lowest BCUT2D eigenvalue weighted by Gasteiger charge is -2.29. The van der Waals surface area contributed by atoms with Crippen molar-refractivity contribution in [2.24, 2.45) is 14.1 Å². The minimum absolute atomic E-state index is 0.279. The lowest BCUT2D eigenvalue weighted by Crippen LogP contribution is -2.45. The van der Waals surface area contributed by atoms with E-state index >= 15 is 0 Å². The Kier molecular flexibility index (Phi) is 4.26. The van der Waals surface area contributed by atoms with E-state index in [1.807, 2.05) is 18.2 Å². The van der Waals surface area contributed by atoms with Crippen LogP contribution in [-0.4, -0.2) is 31.1 Å². The van der Waals surface area contributed by atoms with Gasteiger partial charge in [0.25, 0.3) is 5.56 Å². The van der Waals surface area contributed by atoms with Gasteiger partial charge in [-0.3, -0.25) is 14.2 Å². The van der Waals surface area contributed by atoms with Gasteiger partial charge in [-0.15, -0.1) is 0 Å². The SMILES string of the molecule is Cn1cnc2c1c(=O)n(CC(=O)N1CCCc3cc(Br)ccc31)c(=O)n2C. The molecule has 3 aromatic rings. The standard InChI is InChI=1S/C18H18BrN5O3/c1-21-10-20-16-15(21)17(26)24(18(27)22(16)2)9-14(25)23-7-3-4-11-8-12(19)5-6-13(11)23/h5-6,8,10H,3-4,7,9H2,1-2H3. The second kappa shape index (κ2) is 6.49. The monoisotopic (exact) mass is 431 g/mol. The molecule has 9 heteroatoms. The first-order chi connectivity index (χ1) is 12.9. The largest absolute Gasteiger partial charge is 0.332 e. The lowest BCUT2D eigenvalue weighted by molar-refractivity contribution is -0.119. The Morgan fingerprint density at radius 2 is 2.04 bits per heavy atom. The topological polar surface area (TPSA) is 82.1 Å². The molecular weight excluding hydrogens is 414 g/mol. The van der Waals surface area contributed by atoms with E-state index in [0.29, 0.717) is 17.7 Å². The van der Waals surface area contributed by atoms with Crippen molar-refractivity contribution in [3.63, 3.8) is 0 Å². The highest BCUT2D eigenvalue weighted by molar-refractivity contribution is 9.10. The van der Waals surface area contributed by atoms with Crippen LogP contribution in [0.3, 0.4) is 0 Å². The molecule has 0 unspecified atom stereocenters. The fraction of sp³-hybridized carbons (Fsp3) is 0.333. The Labute approximate surface area is 162 Å². The predicted octanol–water partition coefficient (Wildman–Crippen LogP) is 1.18. The van der Waals surface area contributed by atoms with E-state index in [9.17, 15) is 14.4 Å². The molecule has 1 aliphatic heterocycles. The van der Waals surface area contributed by atoms with Crippen LogP contribution in [0.5, 0.6) is 0 Å². The molecule has 0 fully saturated rings. The summed E-state index contributed by atoms with van der Waals surface area (Å²) >= 11 is 3.45. The Balaban J connectivity index is 1.76. The maximum Gasteiger partial charge on any atom is 0.332 e. The number of amides is 1. The number of hydrogen-bond donors (Lipinski definition) is 0. The van der Waals surface area contributed by atoms with E-state index < -0.39 is 11.2 Å². The van der Waals surface area contributed by atoms with E-state index in [1.54, 1.807) is 23.6 Å². The van der Waals surface area contributed by atoms with Crippen LogP contribution in [0, 0.1) is 0 Å². The molecule has 140 valence electrons. The number of nitrogens with zero attached hydrogens (tertiary/aromatic N) is 5. The summed E-state index contributed by atoms with van der Waals surface area (Å²) < 4.78 is 4.80. The molecule has 4 rings (SSSR count). The number of hydrogen-bond acceptors (Lipinski definition) is 4. The van der Waals surface area contributed by atoms with Gasteiger partial charge in [-0.25, -0.2) is 14.3 Å². The molecule has 0 aliphatic carbocycles.